The summed E-state index contributed by atoms with van der Waals surface area (Å²) >= 11 is 0. The number of benzene rings is 1. The predicted molar refractivity (Wildman–Crippen MR) is 56.8 cm³/mol. The molecule has 1 N–H and O–H groups in total. The number of methoxy groups -OCH3 is 2. The topological polar surface area (TPSA) is 38.7 Å². The summed E-state index contributed by atoms with van der Waals surface area (Å²) in [6, 6.07) is 5.81. The number of hydrogen-bond donors (Lipinski definition) is 1. The van der Waals surface area contributed by atoms with Crippen molar-refractivity contribution in [2.45, 2.75) is 25.0 Å². The van der Waals surface area contributed by atoms with E-state index < -0.39 is 5.60 Å². The molecule has 1 saturated carbocycles. The van der Waals surface area contributed by atoms with Crippen LogP contribution in [0.2, 0.25) is 0 Å². The van der Waals surface area contributed by atoms with E-state index in [9.17, 15) is 5.11 Å². The summed E-state index contributed by atoms with van der Waals surface area (Å²) < 4.78 is 10.3. The average Bonchev–Trinajstić information content (AvgIpc) is 2.98. The molecule has 0 bridgehead atoms. The molecule has 3 nitrogen and oxygen atoms in total. The predicted octanol–water partition coefficient (Wildman–Crippen LogP) is 1.82. The molecular formula is C12H16O3. The summed E-state index contributed by atoms with van der Waals surface area (Å²) in [5, 5.41) is 10.0. The third-order valence-electron chi connectivity index (χ3n) is 2.77. The van der Waals surface area contributed by atoms with Crippen LogP contribution in [0.4, 0.5) is 0 Å². The largest absolute Gasteiger partial charge is 0.497 e. The molecule has 0 aliphatic heterocycles. The van der Waals surface area contributed by atoms with Gasteiger partial charge in [0.1, 0.15) is 5.75 Å². The summed E-state index contributed by atoms with van der Waals surface area (Å²) in [5.41, 5.74) is 1.36. The maximum atomic E-state index is 10.0. The summed E-state index contributed by atoms with van der Waals surface area (Å²) in [6.45, 7) is 0.542. The van der Waals surface area contributed by atoms with Crippen LogP contribution in [0.1, 0.15) is 24.0 Å². The van der Waals surface area contributed by atoms with E-state index in [1.165, 1.54) is 0 Å². The van der Waals surface area contributed by atoms with E-state index in [2.05, 4.69) is 0 Å². The van der Waals surface area contributed by atoms with Gasteiger partial charge in [-0.2, -0.15) is 0 Å². The van der Waals surface area contributed by atoms with Gasteiger partial charge < -0.3 is 14.6 Å². The van der Waals surface area contributed by atoms with E-state index in [1.54, 1.807) is 14.2 Å². The number of ether oxygens (including phenoxy) is 2. The van der Waals surface area contributed by atoms with Gasteiger partial charge in [0.15, 0.2) is 0 Å². The van der Waals surface area contributed by atoms with E-state index in [0.717, 1.165) is 29.7 Å². The van der Waals surface area contributed by atoms with E-state index in [4.69, 9.17) is 9.47 Å². The highest BCUT2D eigenvalue weighted by Crippen LogP contribution is 2.46. The van der Waals surface area contributed by atoms with Gasteiger partial charge in [0.05, 0.1) is 19.3 Å². The fourth-order valence-corrected chi connectivity index (χ4v) is 1.70. The highest BCUT2D eigenvalue weighted by molar-refractivity contribution is 5.39. The summed E-state index contributed by atoms with van der Waals surface area (Å²) in [6.07, 6.45) is 1.68. The van der Waals surface area contributed by atoms with Gasteiger partial charge in [0, 0.05) is 7.11 Å². The Balaban J connectivity index is 2.33. The minimum Gasteiger partial charge on any atom is -0.497 e. The Kier molecular flexibility index (Phi) is 2.67. The van der Waals surface area contributed by atoms with E-state index in [0.29, 0.717) is 6.61 Å². The summed E-state index contributed by atoms with van der Waals surface area (Å²) in [4.78, 5) is 0. The van der Waals surface area contributed by atoms with Crippen molar-refractivity contribution in [1.82, 2.24) is 0 Å². The Hall–Kier alpha value is -1.06. The molecule has 82 valence electrons. The van der Waals surface area contributed by atoms with Gasteiger partial charge >= 0.3 is 0 Å². The molecule has 0 spiro atoms. The monoisotopic (exact) mass is 208 g/mol. The second-order valence-electron chi connectivity index (χ2n) is 4.03. The average molecular weight is 208 g/mol. The van der Waals surface area contributed by atoms with Gasteiger partial charge in [-0.1, -0.05) is 6.07 Å². The van der Waals surface area contributed by atoms with Crippen LogP contribution in [0.5, 0.6) is 5.75 Å². The molecule has 0 heterocycles. The summed E-state index contributed by atoms with van der Waals surface area (Å²) in [5.74, 6) is 0.778. The number of hydrogen-bond acceptors (Lipinski definition) is 3. The highest BCUT2D eigenvalue weighted by Gasteiger charge is 2.42. The zero-order valence-electron chi connectivity index (χ0n) is 9.12. The Morgan fingerprint density at radius 2 is 2.00 bits per heavy atom. The van der Waals surface area contributed by atoms with Crippen molar-refractivity contribution in [3.8, 4) is 5.75 Å². The molecule has 1 aliphatic carbocycles. The molecule has 1 aromatic carbocycles. The van der Waals surface area contributed by atoms with Gasteiger partial charge in [-0.05, 0) is 36.1 Å². The Morgan fingerprint density at radius 3 is 2.53 bits per heavy atom. The molecule has 1 fully saturated rings. The van der Waals surface area contributed by atoms with E-state index >= 15 is 0 Å². The van der Waals surface area contributed by atoms with Crippen LogP contribution in [-0.2, 0) is 16.9 Å². The van der Waals surface area contributed by atoms with Crippen molar-refractivity contribution < 1.29 is 14.6 Å². The molecule has 0 saturated heterocycles. The SMILES string of the molecule is COCc1cc(OC)cc(C2(O)CC2)c1. The molecule has 15 heavy (non-hydrogen) atoms. The lowest BCUT2D eigenvalue weighted by Crippen LogP contribution is -2.05. The second-order valence-corrected chi connectivity index (χ2v) is 4.03. The van der Waals surface area contributed by atoms with Gasteiger partial charge in [-0.25, -0.2) is 0 Å². The minimum atomic E-state index is -0.614. The molecule has 1 aromatic rings. The van der Waals surface area contributed by atoms with Crippen LogP contribution in [0, 0.1) is 0 Å². The lowest BCUT2D eigenvalue weighted by atomic mass is 10.0. The molecule has 0 radical (unpaired) electrons. The van der Waals surface area contributed by atoms with Crippen LogP contribution >= 0.6 is 0 Å². The number of rotatable bonds is 4. The maximum absolute atomic E-state index is 10.0. The van der Waals surface area contributed by atoms with E-state index in [-0.39, 0.29) is 0 Å². The van der Waals surface area contributed by atoms with Crippen molar-refractivity contribution in [1.29, 1.82) is 0 Å². The molecular weight excluding hydrogens is 192 g/mol. The Labute approximate surface area is 89.6 Å². The fraction of sp³-hybridized carbons (Fsp3) is 0.500. The molecule has 2 rings (SSSR count). The van der Waals surface area contributed by atoms with Crippen LogP contribution in [0.25, 0.3) is 0 Å². The van der Waals surface area contributed by atoms with Gasteiger partial charge in [0.2, 0.25) is 0 Å². The van der Waals surface area contributed by atoms with Gasteiger partial charge in [0.25, 0.3) is 0 Å². The fourth-order valence-electron chi connectivity index (χ4n) is 1.70. The smallest absolute Gasteiger partial charge is 0.119 e. The zero-order valence-corrected chi connectivity index (χ0v) is 9.12. The molecule has 3 heteroatoms. The lowest BCUT2D eigenvalue weighted by Gasteiger charge is -2.12. The van der Waals surface area contributed by atoms with Gasteiger partial charge in [-0.15, -0.1) is 0 Å². The molecule has 0 unspecified atom stereocenters. The van der Waals surface area contributed by atoms with Crippen molar-refractivity contribution >= 4 is 0 Å². The van der Waals surface area contributed by atoms with Crippen molar-refractivity contribution in [3.05, 3.63) is 29.3 Å². The highest BCUT2D eigenvalue weighted by atomic mass is 16.5. The van der Waals surface area contributed by atoms with Crippen molar-refractivity contribution in [2.24, 2.45) is 0 Å². The van der Waals surface area contributed by atoms with Crippen LogP contribution in [0.3, 0.4) is 0 Å². The quantitative estimate of drug-likeness (QED) is 0.820. The van der Waals surface area contributed by atoms with Crippen LogP contribution in [-0.4, -0.2) is 19.3 Å². The first-order valence-electron chi connectivity index (χ1n) is 5.08. The van der Waals surface area contributed by atoms with Crippen molar-refractivity contribution in [2.75, 3.05) is 14.2 Å². The lowest BCUT2D eigenvalue weighted by molar-refractivity contribution is 0.150. The van der Waals surface area contributed by atoms with Crippen LogP contribution in [0.15, 0.2) is 18.2 Å². The Bertz CT molecular complexity index is 356. The zero-order chi connectivity index (χ0) is 10.9. The third-order valence-corrected chi connectivity index (χ3v) is 2.77. The molecule has 0 aromatic heterocycles. The first-order valence-corrected chi connectivity index (χ1v) is 5.08. The number of aliphatic hydroxyl groups is 1. The van der Waals surface area contributed by atoms with E-state index in [1.807, 2.05) is 18.2 Å². The third kappa shape index (κ3) is 2.13. The first kappa shape index (κ1) is 10.5. The molecule has 1 aliphatic rings. The second kappa shape index (κ2) is 3.83. The maximum Gasteiger partial charge on any atom is 0.119 e. The molecule has 0 amide bonds. The van der Waals surface area contributed by atoms with Crippen LogP contribution < -0.4 is 4.74 Å². The minimum absolute atomic E-state index is 0.542. The normalized spacial score (nSPS) is 17.5. The Morgan fingerprint density at radius 1 is 1.27 bits per heavy atom. The summed E-state index contributed by atoms with van der Waals surface area (Å²) in [7, 11) is 3.29. The van der Waals surface area contributed by atoms with Crippen molar-refractivity contribution in [3.63, 3.8) is 0 Å². The standard InChI is InChI=1S/C12H16O3/c1-14-8-9-5-10(12(13)3-4-12)7-11(6-9)15-2/h5-7,13H,3-4,8H2,1-2H3. The molecule has 0 atom stereocenters. The van der Waals surface area contributed by atoms with Gasteiger partial charge in [-0.3, -0.25) is 0 Å². The first-order chi connectivity index (χ1) is 7.18.